The number of nitrogens with one attached hydrogen (secondary N) is 1. The normalized spacial score (nSPS) is 22.3. The van der Waals surface area contributed by atoms with E-state index in [4.69, 9.17) is 6.42 Å². The molecule has 1 aromatic rings. The average Bonchev–Trinajstić information content (AvgIpc) is 3.10. The molecule has 1 N–H and O–H groups in total. The number of carbonyl (C=O) groups is 1. The number of nitrogens with zero attached hydrogens (tertiary/aromatic N) is 2. The molecule has 0 aliphatic carbocycles. The maximum absolute atomic E-state index is 12.4. The van der Waals surface area contributed by atoms with Crippen molar-refractivity contribution in [1.29, 1.82) is 0 Å². The van der Waals surface area contributed by atoms with Crippen LogP contribution in [-0.4, -0.2) is 50.1 Å². The molecule has 3 rings (SSSR count). The fourth-order valence-electron chi connectivity index (χ4n) is 3.74. The molecule has 1 aromatic carbocycles. The van der Waals surface area contributed by atoms with Crippen molar-refractivity contribution in [2.45, 2.75) is 19.3 Å². The van der Waals surface area contributed by atoms with Crippen molar-refractivity contribution >= 4 is 11.6 Å². The van der Waals surface area contributed by atoms with Gasteiger partial charge < -0.3 is 10.2 Å². The van der Waals surface area contributed by atoms with Crippen LogP contribution in [0.15, 0.2) is 30.3 Å². The molecule has 2 heterocycles. The van der Waals surface area contributed by atoms with Gasteiger partial charge in [-0.05, 0) is 50.4 Å². The summed E-state index contributed by atoms with van der Waals surface area (Å²) < 4.78 is 0. The predicted octanol–water partition coefficient (Wildman–Crippen LogP) is 1.97. The van der Waals surface area contributed by atoms with E-state index in [2.05, 4.69) is 45.3 Å². The molecular weight excluding hydrogens is 298 g/mol. The molecule has 0 spiro atoms. The van der Waals surface area contributed by atoms with Crippen LogP contribution in [0.25, 0.3) is 0 Å². The van der Waals surface area contributed by atoms with E-state index in [-0.39, 0.29) is 11.8 Å². The number of para-hydroxylation sites is 1. The molecule has 128 valence electrons. The molecule has 24 heavy (non-hydrogen) atoms. The molecule has 1 unspecified atom stereocenters. The highest BCUT2D eigenvalue weighted by molar-refractivity contribution is 5.78. The lowest BCUT2D eigenvalue weighted by atomic mass is 9.95. The van der Waals surface area contributed by atoms with Crippen LogP contribution in [0, 0.1) is 24.2 Å². The number of likely N-dealkylation sites (tertiary alicyclic amines) is 1. The van der Waals surface area contributed by atoms with Gasteiger partial charge in [-0.25, -0.2) is 0 Å². The summed E-state index contributed by atoms with van der Waals surface area (Å²) in [5.74, 6) is 3.62. The van der Waals surface area contributed by atoms with Crippen LogP contribution >= 0.6 is 0 Å². The number of carbonyl (C=O) groups excluding carboxylic acids is 1. The molecule has 1 atom stereocenters. The Morgan fingerprint density at radius 2 is 1.92 bits per heavy atom. The minimum absolute atomic E-state index is 0.158. The maximum Gasteiger partial charge on any atom is 0.223 e. The van der Waals surface area contributed by atoms with Crippen molar-refractivity contribution in [2.24, 2.45) is 11.8 Å². The van der Waals surface area contributed by atoms with E-state index in [0.29, 0.717) is 12.5 Å². The van der Waals surface area contributed by atoms with Gasteiger partial charge in [0.2, 0.25) is 5.91 Å². The lowest BCUT2D eigenvalue weighted by Gasteiger charge is -2.30. The number of hydrogen-bond acceptors (Lipinski definition) is 3. The Labute approximate surface area is 145 Å². The van der Waals surface area contributed by atoms with Crippen LogP contribution in [0.4, 0.5) is 5.69 Å². The minimum Gasteiger partial charge on any atom is -0.371 e. The SMILES string of the molecule is C#CCN1CCC(C(=O)NCC2CCN(c3ccccc3)C2)CC1. The van der Waals surface area contributed by atoms with Gasteiger partial charge in [-0.1, -0.05) is 24.1 Å². The highest BCUT2D eigenvalue weighted by Gasteiger charge is 2.27. The second kappa shape index (κ2) is 8.21. The number of rotatable bonds is 5. The average molecular weight is 325 g/mol. The molecule has 0 saturated carbocycles. The molecule has 0 radical (unpaired) electrons. The molecule has 0 aromatic heterocycles. The molecule has 2 aliphatic heterocycles. The molecule has 2 aliphatic rings. The molecule has 2 fully saturated rings. The second-order valence-corrected chi connectivity index (χ2v) is 6.94. The van der Waals surface area contributed by atoms with Crippen molar-refractivity contribution in [1.82, 2.24) is 10.2 Å². The van der Waals surface area contributed by atoms with Gasteiger partial charge >= 0.3 is 0 Å². The monoisotopic (exact) mass is 325 g/mol. The first-order chi connectivity index (χ1) is 11.8. The summed E-state index contributed by atoms with van der Waals surface area (Å²) in [6, 6.07) is 10.5. The van der Waals surface area contributed by atoms with E-state index in [9.17, 15) is 4.79 Å². The van der Waals surface area contributed by atoms with Crippen molar-refractivity contribution < 1.29 is 4.79 Å². The van der Waals surface area contributed by atoms with Crippen molar-refractivity contribution in [3.05, 3.63) is 30.3 Å². The summed E-state index contributed by atoms with van der Waals surface area (Å²) >= 11 is 0. The topological polar surface area (TPSA) is 35.6 Å². The Kier molecular flexibility index (Phi) is 5.77. The number of terminal acetylenes is 1. The van der Waals surface area contributed by atoms with E-state index >= 15 is 0 Å². The first-order valence-corrected chi connectivity index (χ1v) is 9.00. The maximum atomic E-state index is 12.4. The van der Waals surface area contributed by atoms with Gasteiger partial charge in [-0.3, -0.25) is 9.69 Å². The molecule has 2 saturated heterocycles. The zero-order chi connectivity index (χ0) is 16.8. The first-order valence-electron chi connectivity index (χ1n) is 9.00. The van der Waals surface area contributed by atoms with Crippen LogP contribution in [0.5, 0.6) is 0 Å². The van der Waals surface area contributed by atoms with Gasteiger partial charge in [-0.2, -0.15) is 0 Å². The minimum atomic E-state index is 0.158. The Morgan fingerprint density at radius 1 is 1.17 bits per heavy atom. The smallest absolute Gasteiger partial charge is 0.223 e. The zero-order valence-electron chi connectivity index (χ0n) is 14.3. The van der Waals surface area contributed by atoms with Crippen molar-refractivity contribution in [3.8, 4) is 12.3 Å². The summed E-state index contributed by atoms with van der Waals surface area (Å²) in [7, 11) is 0. The van der Waals surface area contributed by atoms with Gasteiger partial charge in [0.1, 0.15) is 0 Å². The summed E-state index contributed by atoms with van der Waals surface area (Å²) in [6.45, 7) is 5.49. The molecular formula is C20H27N3O. The summed E-state index contributed by atoms with van der Waals surface area (Å²) in [5, 5.41) is 3.19. The highest BCUT2D eigenvalue weighted by Crippen LogP contribution is 2.23. The quantitative estimate of drug-likeness (QED) is 0.841. The fourth-order valence-corrected chi connectivity index (χ4v) is 3.74. The fraction of sp³-hybridized carbons (Fsp3) is 0.550. The van der Waals surface area contributed by atoms with Crippen LogP contribution in [-0.2, 0) is 4.79 Å². The Bertz CT molecular complexity index is 572. The molecule has 4 nitrogen and oxygen atoms in total. The zero-order valence-corrected chi connectivity index (χ0v) is 14.3. The van der Waals surface area contributed by atoms with E-state index in [1.165, 1.54) is 5.69 Å². The Morgan fingerprint density at radius 3 is 2.62 bits per heavy atom. The van der Waals surface area contributed by atoms with Gasteiger partial charge in [0.25, 0.3) is 0 Å². The third-order valence-electron chi connectivity index (χ3n) is 5.25. The lowest BCUT2D eigenvalue weighted by Crippen LogP contribution is -2.42. The van der Waals surface area contributed by atoms with E-state index in [1.807, 2.05) is 6.07 Å². The van der Waals surface area contributed by atoms with E-state index < -0.39 is 0 Å². The number of amides is 1. The Hall–Kier alpha value is -1.99. The highest BCUT2D eigenvalue weighted by atomic mass is 16.1. The largest absolute Gasteiger partial charge is 0.371 e. The number of hydrogen-bond donors (Lipinski definition) is 1. The van der Waals surface area contributed by atoms with Crippen LogP contribution in [0.1, 0.15) is 19.3 Å². The van der Waals surface area contributed by atoms with Crippen molar-refractivity contribution in [2.75, 3.05) is 44.2 Å². The number of benzene rings is 1. The van der Waals surface area contributed by atoms with Crippen LogP contribution in [0.2, 0.25) is 0 Å². The standard InChI is InChI=1S/C20H27N3O/c1-2-11-22-12-9-18(10-13-22)20(24)21-15-17-8-14-23(16-17)19-6-4-3-5-7-19/h1,3-7,17-18H,8-16H2,(H,21,24). The number of piperidine rings is 1. The lowest BCUT2D eigenvalue weighted by molar-refractivity contribution is -0.126. The first kappa shape index (κ1) is 16.9. The van der Waals surface area contributed by atoms with Gasteiger partial charge in [0.05, 0.1) is 6.54 Å². The third kappa shape index (κ3) is 4.30. The van der Waals surface area contributed by atoms with E-state index in [0.717, 1.165) is 52.0 Å². The van der Waals surface area contributed by atoms with Crippen molar-refractivity contribution in [3.63, 3.8) is 0 Å². The molecule has 0 bridgehead atoms. The second-order valence-electron chi connectivity index (χ2n) is 6.94. The predicted molar refractivity (Wildman–Crippen MR) is 97.8 cm³/mol. The third-order valence-corrected chi connectivity index (χ3v) is 5.25. The van der Waals surface area contributed by atoms with Gasteiger partial charge in [0.15, 0.2) is 0 Å². The molecule has 1 amide bonds. The van der Waals surface area contributed by atoms with E-state index in [1.54, 1.807) is 0 Å². The summed E-state index contributed by atoms with van der Waals surface area (Å²) in [4.78, 5) is 17.0. The summed E-state index contributed by atoms with van der Waals surface area (Å²) in [5.41, 5.74) is 1.28. The summed E-state index contributed by atoms with van der Waals surface area (Å²) in [6.07, 6.45) is 8.35. The van der Waals surface area contributed by atoms with Gasteiger partial charge in [-0.15, -0.1) is 6.42 Å². The Balaban J connectivity index is 1.39. The van der Waals surface area contributed by atoms with Crippen LogP contribution < -0.4 is 10.2 Å². The van der Waals surface area contributed by atoms with Crippen LogP contribution in [0.3, 0.4) is 0 Å². The molecule has 4 heteroatoms. The number of anilines is 1. The van der Waals surface area contributed by atoms with Gasteiger partial charge in [0, 0.05) is 31.2 Å².